The van der Waals surface area contributed by atoms with Gasteiger partial charge in [-0.2, -0.15) is 30.5 Å². The Morgan fingerprint density at radius 2 is 1.51 bits per heavy atom. The molecule has 0 spiro atoms. The maximum atomic E-state index is 11.5. The average molecular weight is 541 g/mol. The highest BCUT2D eigenvalue weighted by Crippen LogP contribution is 2.24. The lowest BCUT2D eigenvalue weighted by molar-refractivity contribution is 0.461. The van der Waals surface area contributed by atoms with Gasteiger partial charge in [-0.15, -0.1) is 0 Å². The fraction of sp³-hybridized carbons (Fsp3) is 0.440. The quantitative estimate of drug-likeness (QED) is 0.297. The smallest absolute Gasteiger partial charge is 0.344 e. The molecule has 12 heteroatoms. The Kier molecular flexibility index (Phi) is 12.9. The minimum Gasteiger partial charge on any atom is -0.609 e. The van der Waals surface area contributed by atoms with Crippen molar-refractivity contribution in [1.29, 1.82) is 10.5 Å². The highest BCUT2D eigenvalue weighted by atomic mass is 32.2. The molecule has 2 aromatic heterocycles. The number of anilines is 2. The van der Waals surface area contributed by atoms with Crippen LogP contribution in [0.15, 0.2) is 34.9 Å². The summed E-state index contributed by atoms with van der Waals surface area (Å²) in [7, 11) is 1.88. The summed E-state index contributed by atoms with van der Waals surface area (Å²) in [6, 6.07) is 4.28. The largest absolute Gasteiger partial charge is 0.609 e. The lowest BCUT2D eigenvalue weighted by Gasteiger charge is -2.24. The van der Waals surface area contributed by atoms with Crippen LogP contribution in [-0.4, -0.2) is 61.2 Å². The van der Waals surface area contributed by atoms with E-state index in [1.54, 1.807) is 30.8 Å². The van der Waals surface area contributed by atoms with Crippen molar-refractivity contribution in [2.24, 2.45) is 0 Å². The monoisotopic (exact) mass is 540 g/mol. The molecule has 2 heterocycles. The van der Waals surface area contributed by atoms with Gasteiger partial charge in [-0.3, -0.25) is 0 Å². The lowest BCUT2D eigenvalue weighted by Crippen LogP contribution is -2.24. The Bertz CT molecular complexity index is 1150. The van der Waals surface area contributed by atoms with Gasteiger partial charge in [0.2, 0.25) is 0 Å². The fourth-order valence-corrected chi connectivity index (χ4v) is 4.36. The maximum absolute atomic E-state index is 11.5. The van der Waals surface area contributed by atoms with Crippen LogP contribution in [0.5, 0.6) is 0 Å². The molecule has 1 fully saturated rings. The number of rotatable bonds is 8. The molecule has 0 aromatic carbocycles. The molecule has 1 aliphatic rings. The third-order valence-corrected chi connectivity index (χ3v) is 6.96. The molecule has 1 aliphatic carbocycles. The number of allylic oxidation sites excluding steroid dienone is 2. The van der Waals surface area contributed by atoms with Crippen molar-refractivity contribution < 1.29 is 9.11 Å². The molecular formula is C25H32N8O2S2. The summed E-state index contributed by atoms with van der Waals surface area (Å²) >= 11 is -2.42. The lowest BCUT2D eigenvalue weighted by atomic mass is 9.95. The molecule has 0 radical (unpaired) electrons. The minimum atomic E-state index is -1.21. The molecule has 3 rings (SSSR count). The predicted molar refractivity (Wildman–Crippen MR) is 147 cm³/mol. The summed E-state index contributed by atoms with van der Waals surface area (Å²) in [5.41, 5.74) is 1.50. The van der Waals surface area contributed by atoms with E-state index < -0.39 is 22.4 Å². The van der Waals surface area contributed by atoms with Gasteiger partial charge in [-0.1, -0.05) is 19.3 Å². The fourth-order valence-electron chi connectivity index (χ4n) is 3.52. The number of aromatic nitrogens is 4. The molecule has 0 bridgehead atoms. The topological polar surface area (TPSA) is 161 Å². The second-order valence-corrected chi connectivity index (χ2v) is 10.8. The van der Waals surface area contributed by atoms with E-state index in [9.17, 15) is 9.11 Å². The molecule has 0 amide bonds. The van der Waals surface area contributed by atoms with Crippen LogP contribution in [0, 0.1) is 22.7 Å². The summed E-state index contributed by atoms with van der Waals surface area (Å²) in [4.78, 5) is 18.6. The van der Waals surface area contributed by atoms with Crippen LogP contribution in [0.25, 0.3) is 12.2 Å². The zero-order valence-corrected chi connectivity index (χ0v) is 23.2. The van der Waals surface area contributed by atoms with Crippen molar-refractivity contribution in [3.63, 3.8) is 0 Å². The van der Waals surface area contributed by atoms with Crippen molar-refractivity contribution in [3.8, 4) is 12.1 Å². The third kappa shape index (κ3) is 9.67. The van der Waals surface area contributed by atoms with E-state index in [1.165, 1.54) is 37.7 Å². The van der Waals surface area contributed by atoms with Crippen LogP contribution in [0.3, 0.4) is 0 Å². The van der Waals surface area contributed by atoms with E-state index in [0.717, 1.165) is 30.5 Å². The Morgan fingerprint density at radius 3 is 2.05 bits per heavy atom. The van der Waals surface area contributed by atoms with Crippen LogP contribution < -0.4 is 10.2 Å². The summed E-state index contributed by atoms with van der Waals surface area (Å²) in [5, 5.41) is 21.2. The standard InChI is InChI=1S/C14H18N4OS.C11H14N4OS/c1-20(19)14-16-10-11(6-5-9-15)13(18-14)17-12-7-3-2-4-8-12;1-4-15(2)10-9(6-5-7-12)8-13-11(14-10)17(3)16/h5-6,10,12H,2-4,7-8H2,1H3,(H,16,17,18);5-6,8H,4H2,1-3H3/b2*6-5+. The first-order valence-electron chi connectivity index (χ1n) is 11.8. The van der Waals surface area contributed by atoms with Crippen molar-refractivity contribution in [2.45, 2.75) is 55.4 Å². The number of hydrogen-bond donors (Lipinski definition) is 1. The van der Waals surface area contributed by atoms with Crippen LogP contribution >= 0.6 is 0 Å². The molecule has 0 saturated heterocycles. The maximum Gasteiger partial charge on any atom is 0.344 e. The highest BCUT2D eigenvalue weighted by molar-refractivity contribution is 7.90. The zero-order chi connectivity index (χ0) is 27.2. The van der Waals surface area contributed by atoms with Gasteiger partial charge >= 0.3 is 10.3 Å². The first-order valence-corrected chi connectivity index (χ1v) is 14.9. The number of nitrogens with zero attached hydrogens (tertiary/aromatic N) is 7. The van der Waals surface area contributed by atoms with Gasteiger partial charge in [0.25, 0.3) is 0 Å². The van der Waals surface area contributed by atoms with Crippen LogP contribution in [0.2, 0.25) is 0 Å². The minimum absolute atomic E-state index is 0.300. The van der Waals surface area contributed by atoms with Crippen LogP contribution in [-0.2, 0) is 22.4 Å². The van der Waals surface area contributed by atoms with E-state index in [0.29, 0.717) is 28.0 Å². The highest BCUT2D eigenvalue weighted by Gasteiger charge is 2.18. The Labute approximate surface area is 224 Å². The van der Waals surface area contributed by atoms with Gasteiger partial charge in [-0.25, -0.2) is 0 Å². The van der Waals surface area contributed by atoms with Gasteiger partial charge < -0.3 is 19.3 Å². The number of hydrogen-bond acceptors (Lipinski definition) is 10. The van der Waals surface area contributed by atoms with Crippen molar-refractivity contribution in [3.05, 3.63) is 35.7 Å². The van der Waals surface area contributed by atoms with Gasteiger partial charge in [0.1, 0.15) is 24.1 Å². The SMILES string of the molecule is CCN(C)c1nc([S+](C)[O-])ncc1/C=C/C#N.C[S+]([O-])c1ncc(/C=C/C#N)c(NC2CCCCC2)n1. The van der Waals surface area contributed by atoms with Gasteiger partial charge in [0.05, 0.1) is 12.1 Å². The van der Waals surface area contributed by atoms with Crippen LogP contribution in [0.1, 0.15) is 50.2 Å². The zero-order valence-electron chi connectivity index (χ0n) is 21.5. The molecule has 2 unspecified atom stereocenters. The Morgan fingerprint density at radius 1 is 0.973 bits per heavy atom. The molecule has 2 atom stereocenters. The molecular weight excluding hydrogens is 508 g/mol. The number of nitrogens with one attached hydrogen (secondary N) is 1. The van der Waals surface area contributed by atoms with Gasteiger partial charge in [-0.05, 0) is 31.9 Å². The Hall–Kier alpha value is -3.16. The van der Waals surface area contributed by atoms with E-state index in [-0.39, 0.29) is 0 Å². The van der Waals surface area contributed by atoms with E-state index in [1.807, 2.05) is 31.0 Å². The molecule has 196 valence electrons. The van der Waals surface area contributed by atoms with Gasteiger partial charge in [0, 0.05) is 77.7 Å². The second-order valence-electron chi connectivity index (χ2n) is 8.21. The molecule has 1 saturated carbocycles. The predicted octanol–water partition coefficient (Wildman–Crippen LogP) is 3.70. The number of nitriles is 2. The second kappa shape index (κ2) is 15.8. The normalized spacial score (nSPS) is 15.4. The summed E-state index contributed by atoms with van der Waals surface area (Å²) in [6.07, 6.45) is 18.3. The van der Waals surface area contributed by atoms with Crippen molar-refractivity contribution >= 4 is 46.1 Å². The summed E-state index contributed by atoms with van der Waals surface area (Å²) < 4.78 is 22.8. The molecule has 0 aliphatic heterocycles. The third-order valence-electron chi connectivity index (χ3n) is 5.54. The van der Waals surface area contributed by atoms with Gasteiger partial charge in [0.15, 0.2) is 0 Å². The van der Waals surface area contributed by atoms with Crippen LogP contribution in [0.4, 0.5) is 11.6 Å². The Balaban J connectivity index is 0.000000264. The van der Waals surface area contributed by atoms with Crippen molar-refractivity contribution in [2.75, 3.05) is 36.3 Å². The first-order chi connectivity index (χ1) is 17.8. The average Bonchev–Trinajstić information content (AvgIpc) is 2.91. The van der Waals surface area contributed by atoms with Crippen molar-refractivity contribution in [1.82, 2.24) is 19.9 Å². The summed E-state index contributed by atoms with van der Waals surface area (Å²) in [6.45, 7) is 2.75. The molecule has 37 heavy (non-hydrogen) atoms. The molecule has 2 aromatic rings. The molecule has 10 nitrogen and oxygen atoms in total. The molecule has 1 N–H and O–H groups in total. The van der Waals surface area contributed by atoms with E-state index >= 15 is 0 Å². The van der Waals surface area contributed by atoms with E-state index in [4.69, 9.17) is 10.5 Å². The van der Waals surface area contributed by atoms with E-state index in [2.05, 4.69) is 25.3 Å². The summed E-state index contributed by atoms with van der Waals surface area (Å²) in [5.74, 6) is 1.35. The first kappa shape index (κ1) is 30.1.